The highest BCUT2D eigenvalue weighted by Gasteiger charge is 2.30. The number of carboxylic acids is 1. The molecule has 2 heterocycles. The number of aliphatic carboxylic acids is 1. The number of thioether (sulfide) groups is 1. The minimum absolute atomic E-state index is 0.106. The van der Waals surface area contributed by atoms with Gasteiger partial charge in [-0.2, -0.15) is 0 Å². The lowest BCUT2D eigenvalue weighted by Crippen LogP contribution is -2.33. The first-order valence-corrected chi connectivity index (χ1v) is 8.19. The number of nitrogens with one attached hydrogen (secondary N) is 1. The number of hydrogen-bond donors (Lipinski definition) is 2. The van der Waals surface area contributed by atoms with E-state index >= 15 is 0 Å². The quantitative estimate of drug-likeness (QED) is 0.890. The number of nitrogens with zero attached hydrogens (tertiary/aromatic N) is 1. The zero-order valence-corrected chi connectivity index (χ0v) is 12.2. The zero-order chi connectivity index (χ0) is 13.9. The summed E-state index contributed by atoms with van der Waals surface area (Å²) in [6, 6.07) is 8.12. The van der Waals surface area contributed by atoms with Crippen LogP contribution < -0.4 is 5.32 Å². The maximum absolute atomic E-state index is 11.0. The second-order valence-electron chi connectivity index (χ2n) is 5.50. The van der Waals surface area contributed by atoms with Gasteiger partial charge >= 0.3 is 5.97 Å². The molecular formula is C15H20N2O2S. The molecule has 2 saturated heterocycles. The molecule has 0 saturated carbocycles. The van der Waals surface area contributed by atoms with E-state index in [4.69, 9.17) is 5.11 Å². The molecule has 2 unspecified atom stereocenters. The Hall–Kier alpha value is -1.04. The second-order valence-corrected chi connectivity index (χ2v) is 6.64. The van der Waals surface area contributed by atoms with Crippen LogP contribution >= 0.6 is 11.8 Å². The van der Waals surface area contributed by atoms with Gasteiger partial charge in [-0.1, -0.05) is 24.3 Å². The van der Waals surface area contributed by atoms with Gasteiger partial charge in [0.05, 0.1) is 5.37 Å². The Morgan fingerprint density at radius 2 is 2.20 bits per heavy atom. The number of carboxylic acid groups (broad SMARTS) is 1. The number of hydrogen-bond acceptors (Lipinski definition) is 4. The standard InChI is InChI=1S/C15H20N2O2S/c18-15(19)13-10-20-14(16-13)12-5-3-4-11(8-12)9-17-6-1-2-7-17/h3-5,8,13-14,16H,1-2,6-7,9-10H2,(H,18,19). The van der Waals surface area contributed by atoms with Crippen molar-refractivity contribution in [2.24, 2.45) is 0 Å². The van der Waals surface area contributed by atoms with E-state index < -0.39 is 12.0 Å². The first-order valence-electron chi connectivity index (χ1n) is 7.14. The van der Waals surface area contributed by atoms with Crippen LogP contribution in [-0.4, -0.2) is 40.9 Å². The third kappa shape index (κ3) is 3.16. The molecule has 0 aromatic heterocycles. The normalized spacial score (nSPS) is 27.0. The van der Waals surface area contributed by atoms with Gasteiger partial charge in [-0.3, -0.25) is 15.0 Å². The zero-order valence-electron chi connectivity index (χ0n) is 11.4. The SMILES string of the molecule is O=C(O)C1CSC(c2cccc(CN3CCCC3)c2)N1. The van der Waals surface area contributed by atoms with Crippen LogP contribution in [0.25, 0.3) is 0 Å². The Morgan fingerprint density at radius 3 is 2.90 bits per heavy atom. The van der Waals surface area contributed by atoms with Crippen LogP contribution in [0.1, 0.15) is 29.3 Å². The van der Waals surface area contributed by atoms with Crippen LogP contribution in [0.3, 0.4) is 0 Å². The average Bonchev–Trinajstić information content (AvgIpc) is 3.09. The molecule has 0 bridgehead atoms. The van der Waals surface area contributed by atoms with Crippen molar-refractivity contribution in [1.82, 2.24) is 10.2 Å². The third-order valence-electron chi connectivity index (χ3n) is 3.94. The molecule has 4 nitrogen and oxygen atoms in total. The van der Waals surface area contributed by atoms with Crippen molar-refractivity contribution in [3.8, 4) is 0 Å². The monoisotopic (exact) mass is 292 g/mol. The predicted molar refractivity (Wildman–Crippen MR) is 80.7 cm³/mol. The fourth-order valence-corrected chi connectivity index (χ4v) is 4.08. The largest absolute Gasteiger partial charge is 0.480 e. The van der Waals surface area contributed by atoms with Crippen molar-refractivity contribution in [2.75, 3.05) is 18.8 Å². The Balaban J connectivity index is 1.66. The summed E-state index contributed by atoms with van der Waals surface area (Å²) in [5.41, 5.74) is 2.51. The van der Waals surface area contributed by atoms with E-state index in [0.29, 0.717) is 5.75 Å². The molecule has 2 fully saturated rings. The summed E-state index contributed by atoms with van der Waals surface area (Å²) in [4.78, 5) is 13.5. The van der Waals surface area contributed by atoms with Crippen molar-refractivity contribution < 1.29 is 9.90 Å². The lowest BCUT2D eigenvalue weighted by atomic mass is 10.1. The number of likely N-dealkylation sites (tertiary alicyclic amines) is 1. The molecule has 0 aliphatic carbocycles. The van der Waals surface area contributed by atoms with Gasteiger partial charge in [0.1, 0.15) is 6.04 Å². The summed E-state index contributed by atoms with van der Waals surface area (Å²) in [7, 11) is 0. The van der Waals surface area contributed by atoms with Gasteiger partial charge in [-0.05, 0) is 37.1 Å². The van der Waals surface area contributed by atoms with E-state index in [1.807, 2.05) is 0 Å². The fourth-order valence-electron chi connectivity index (χ4n) is 2.86. The molecule has 108 valence electrons. The van der Waals surface area contributed by atoms with Gasteiger partial charge in [0.2, 0.25) is 0 Å². The van der Waals surface area contributed by atoms with Crippen molar-refractivity contribution in [3.05, 3.63) is 35.4 Å². The molecular weight excluding hydrogens is 272 g/mol. The van der Waals surface area contributed by atoms with E-state index in [-0.39, 0.29) is 5.37 Å². The van der Waals surface area contributed by atoms with E-state index in [9.17, 15) is 4.79 Å². The van der Waals surface area contributed by atoms with Crippen molar-refractivity contribution >= 4 is 17.7 Å². The molecule has 5 heteroatoms. The van der Waals surface area contributed by atoms with Gasteiger partial charge < -0.3 is 5.11 Å². The summed E-state index contributed by atoms with van der Waals surface area (Å²) in [5, 5.41) is 12.3. The molecule has 2 aliphatic heterocycles. The van der Waals surface area contributed by atoms with Gasteiger partial charge in [0.15, 0.2) is 0 Å². The third-order valence-corrected chi connectivity index (χ3v) is 5.21. The van der Waals surface area contributed by atoms with Crippen LogP contribution in [-0.2, 0) is 11.3 Å². The van der Waals surface area contributed by atoms with E-state index in [2.05, 4.69) is 34.5 Å². The number of rotatable bonds is 4. The van der Waals surface area contributed by atoms with Crippen LogP contribution in [0.15, 0.2) is 24.3 Å². The molecule has 1 aromatic rings. The van der Waals surface area contributed by atoms with Crippen molar-refractivity contribution in [2.45, 2.75) is 30.8 Å². The fraction of sp³-hybridized carbons (Fsp3) is 0.533. The maximum Gasteiger partial charge on any atom is 0.321 e. The minimum atomic E-state index is -0.756. The number of carbonyl (C=O) groups is 1. The second kappa shape index (κ2) is 6.16. The van der Waals surface area contributed by atoms with Crippen molar-refractivity contribution in [1.29, 1.82) is 0 Å². The smallest absolute Gasteiger partial charge is 0.321 e. The van der Waals surface area contributed by atoms with Gasteiger partial charge in [-0.15, -0.1) is 11.8 Å². The summed E-state index contributed by atoms with van der Waals surface area (Å²) < 4.78 is 0. The maximum atomic E-state index is 11.0. The summed E-state index contributed by atoms with van der Waals surface area (Å²) in [5.74, 6) is -0.121. The van der Waals surface area contributed by atoms with E-state index in [0.717, 1.165) is 6.54 Å². The van der Waals surface area contributed by atoms with E-state index in [1.54, 1.807) is 11.8 Å². The summed E-state index contributed by atoms with van der Waals surface area (Å²) in [6.45, 7) is 3.40. The Bertz CT molecular complexity index is 489. The Labute approximate surface area is 123 Å². The average molecular weight is 292 g/mol. The van der Waals surface area contributed by atoms with Crippen molar-refractivity contribution in [3.63, 3.8) is 0 Å². The lowest BCUT2D eigenvalue weighted by Gasteiger charge is -2.17. The molecule has 1 aromatic carbocycles. The van der Waals surface area contributed by atoms with E-state index in [1.165, 1.54) is 37.1 Å². The van der Waals surface area contributed by atoms with Gasteiger partial charge in [0.25, 0.3) is 0 Å². The first kappa shape index (κ1) is 13.9. The molecule has 0 amide bonds. The van der Waals surface area contributed by atoms with Crippen LogP contribution in [0.2, 0.25) is 0 Å². The molecule has 2 N–H and O–H groups in total. The molecule has 0 spiro atoms. The molecule has 2 atom stereocenters. The Kier molecular flexibility index (Phi) is 4.29. The highest BCUT2D eigenvalue weighted by atomic mass is 32.2. The summed E-state index contributed by atoms with van der Waals surface area (Å²) in [6.07, 6.45) is 2.61. The molecule has 2 aliphatic rings. The highest BCUT2D eigenvalue weighted by Crippen LogP contribution is 2.33. The van der Waals surface area contributed by atoms with Crippen LogP contribution in [0.5, 0.6) is 0 Å². The van der Waals surface area contributed by atoms with Crippen LogP contribution in [0, 0.1) is 0 Å². The topological polar surface area (TPSA) is 52.6 Å². The van der Waals surface area contributed by atoms with Gasteiger partial charge in [0, 0.05) is 12.3 Å². The Morgan fingerprint density at radius 1 is 1.40 bits per heavy atom. The predicted octanol–water partition coefficient (Wildman–Crippen LogP) is 2.07. The summed E-state index contributed by atoms with van der Waals surface area (Å²) >= 11 is 1.68. The van der Waals surface area contributed by atoms with Gasteiger partial charge in [-0.25, -0.2) is 0 Å². The lowest BCUT2D eigenvalue weighted by molar-refractivity contribution is -0.138. The highest BCUT2D eigenvalue weighted by molar-refractivity contribution is 7.99. The molecule has 3 rings (SSSR count). The first-order chi connectivity index (χ1) is 9.72. The molecule has 0 radical (unpaired) electrons. The van der Waals surface area contributed by atoms with Crippen LogP contribution in [0.4, 0.5) is 0 Å². The molecule has 20 heavy (non-hydrogen) atoms. The number of benzene rings is 1. The minimum Gasteiger partial charge on any atom is -0.480 e.